The normalized spacial score (nSPS) is 18.8. The summed E-state index contributed by atoms with van der Waals surface area (Å²) in [6.45, 7) is 2.66. The van der Waals surface area contributed by atoms with Gasteiger partial charge in [0.25, 0.3) is 0 Å². The van der Waals surface area contributed by atoms with Gasteiger partial charge in [-0.15, -0.1) is 0 Å². The number of ether oxygens (including phenoxy) is 1. The summed E-state index contributed by atoms with van der Waals surface area (Å²) in [6, 6.07) is 6.85. The van der Waals surface area contributed by atoms with E-state index in [0.29, 0.717) is 38.2 Å². The summed E-state index contributed by atoms with van der Waals surface area (Å²) in [6.07, 6.45) is 1.80. The van der Waals surface area contributed by atoms with Gasteiger partial charge in [0.1, 0.15) is 5.82 Å². The highest BCUT2D eigenvalue weighted by molar-refractivity contribution is 5.76. The molecule has 1 saturated heterocycles. The molecular weight excluding hydrogens is 259 g/mol. The molecule has 2 N–H and O–H groups in total. The van der Waals surface area contributed by atoms with Crippen LogP contribution in [0.3, 0.4) is 0 Å². The number of halogens is 1. The van der Waals surface area contributed by atoms with Gasteiger partial charge in [0, 0.05) is 25.6 Å². The van der Waals surface area contributed by atoms with E-state index in [4.69, 9.17) is 4.74 Å². The first-order valence-electron chi connectivity index (χ1n) is 7.07. The lowest BCUT2D eigenvalue weighted by Gasteiger charge is -2.23. The minimum atomic E-state index is -0.178. The fraction of sp³-hybridized carbons (Fsp3) is 0.533. The number of hydrogen-bond donors (Lipinski definition) is 2. The Kier molecular flexibility index (Phi) is 5.95. The van der Waals surface area contributed by atoms with E-state index in [1.165, 1.54) is 6.07 Å². The molecule has 4 nitrogen and oxygen atoms in total. The second-order valence-electron chi connectivity index (χ2n) is 4.98. The number of nitrogens with one attached hydrogen (secondary N) is 2. The molecule has 0 radical (unpaired) electrons. The quantitative estimate of drug-likeness (QED) is 0.771. The molecule has 1 aliphatic rings. The molecule has 1 heterocycles. The van der Waals surface area contributed by atoms with Gasteiger partial charge >= 0.3 is 0 Å². The maximum Gasteiger partial charge on any atom is 0.221 e. The number of carbonyl (C=O) groups excluding carboxylic acids is 1. The summed E-state index contributed by atoms with van der Waals surface area (Å²) in [7, 11) is 0. The predicted molar refractivity (Wildman–Crippen MR) is 75.0 cm³/mol. The van der Waals surface area contributed by atoms with Gasteiger partial charge in [-0.05, 0) is 24.5 Å². The molecule has 0 unspecified atom stereocenters. The van der Waals surface area contributed by atoms with Crippen LogP contribution in [-0.4, -0.2) is 38.3 Å². The first-order chi connectivity index (χ1) is 9.75. The Hall–Kier alpha value is -1.46. The van der Waals surface area contributed by atoms with Crippen molar-refractivity contribution in [2.24, 2.45) is 0 Å². The molecule has 5 heteroatoms. The van der Waals surface area contributed by atoms with E-state index in [2.05, 4.69) is 10.6 Å². The van der Waals surface area contributed by atoms with Crippen LogP contribution in [0, 0.1) is 5.82 Å². The van der Waals surface area contributed by atoms with E-state index in [1.54, 1.807) is 12.1 Å². The third-order valence-electron chi connectivity index (χ3n) is 3.33. The summed E-state index contributed by atoms with van der Waals surface area (Å²) >= 11 is 0. The van der Waals surface area contributed by atoms with Gasteiger partial charge in [-0.25, -0.2) is 4.39 Å². The monoisotopic (exact) mass is 280 g/mol. The van der Waals surface area contributed by atoms with E-state index in [9.17, 15) is 9.18 Å². The van der Waals surface area contributed by atoms with E-state index >= 15 is 0 Å². The molecule has 1 fully saturated rings. The van der Waals surface area contributed by atoms with Crippen molar-refractivity contribution in [2.45, 2.75) is 25.3 Å². The van der Waals surface area contributed by atoms with Crippen molar-refractivity contribution < 1.29 is 13.9 Å². The lowest BCUT2D eigenvalue weighted by Crippen LogP contribution is -2.44. The van der Waals surface area contributed by atoms with Crippen molar-refractivity contribution in [3.8, 4) is 0 Å². The average molecular weight is 280 g/mol. The van der Waals surface area contributed by atoms with Crippen molar-refractivity contribution in [3.63, 3.8) is 0 Å². The van der Waals surface area contributed by atoms with Gasteiger partial charge in [0.2, 0.25) is 5.91 Å². The number of aryl methyl sites for hydroxylation is 1. The lowest BCUT2D eigenvalue weighted by atomic mass is 10.1. The fourth-order valence-electron chi connectivity index (χ4n) is 2.25. The molecule has 1 atom stereocenters. The summed E-state index contributed by atoms with van der Waals surface area (Å²) in [5, 5.41) is 6.10. The Morgan fingerprint density at radius 1 is 1.45 bits per heavy atom. The minimum absolute atomic E-state index is 0.0153. The fourth-order valence-corrected chi connectivity index (χ4v) is 2.25. The van der Waals surface area contributed by atoms with Gasteiger partial charge < -0.3 is 15.4 Å². The number of rotatable bonds is 6. The SMILES string of the molecule is O=C(C[C@@H]1COCCN1)NCCCc1ccccc1F. The lowest BCUT2D eigenvalue weighted by molar-refractivity contribution is -0.122. The molecule has 1 aromatic carbocycles. The standard InChI is InChI=1S/C15H21FN2O2/c16-14-6-2-1-4-12(14)5-3-7-18-15(19)10-13-11-20-9-8-17-13/h1-2,4,6,13,17H,3,5,7-11H2,(H,18,19)/t13-/m1/s1. The van der Waals surface area contributed by atoms with Crippen LogP contribution < -0.4 is 10.6 Å². The van der Waals surface area contributed by atoms with Gasteiger partial charge in [0.05, 0.1) is 13.2 Å². The molecule has 0 aliphatic carbocycles. The molecule has 0 saturated carbocycles. The molecule has 1 amide bonds. The second-order valence-corrected chi connectivity index (χ2v) is 4.98. The Morgan fingerprint density at radius 3 is 3.05 bits per heavy atom. The predicted octanol–water partition coefficient (Wildman–Crippen LogP) is 1.25. The van der Waals surface area contributed by atoms with E-state index in [1.807, 2.05) is 6.07 Å². The topological polar surface area (TPSA) is 50.4 Å². The van der Waals surface area contributed by atoms with Crippen LogP contribution >= 0.6 is 0 Å². The smallest absolute Gasteiger partial charge is 0.221 e. The van der Waals surface area contributed by atoms with E-state index in [-0.39, 0.29) is 17.8 Å². The number of carbonyl (C=O) groups is 1. The third kappa shape index (κ3) is 4.90. The van der Waals surface area contributed by atoms with Crippen LogP contribution in [0.15, 0.2) is 24.3 Å². The van der Waals surface area contributed by atoms with Crippen LogP contribution in [0.1, 0.15) is 18.4 Å². The molecule has 1 aliphatic heterocycles. The zero-order valence-corrected chi connectivity index (χ0v) is 11.5. The van der Waals surface area contributed by atoms with Crippen molar-refractivity contribution in [1.29, 1.82) is 0 Å². The third-order valence-corrected chi connectivity index (χ3v) is 3.33. The summed E-state index contributed by atoms with van der Waals surface area (Å²) in [5.41, 5.74) is 0.698. The largest absolute Gasteiger partial charge is 0.378 e. The van der Waals surface area contributed by atoms with Gasteiger partial charge in [0.15, 0.2) is 0 Å². The first-order valence-corrected chi connectivity index (χ1v) is 7.07. The summed E-state index contributed by atoms with van der Waals surface area (Å²) < 4.78 is 18.7. The Bertz CT molecular complexity index is 434. The Morgan fingerprint density at radius 2 is 2.30 bits per heavy atom. The molecule has 0 aromatic heterocycles. The number of morpholine rings is 1. The highest BCUT2D eigenvalue weighted by Crippen LogP contribution is 2.08. The highest BCUT2D eigenvalue weighted by atomic mass is 19.1. The molecule has 0 spiro atoms. The minimum Gasteiger partial charge on any atom is -0.378 e. The van der Waals surface area contributed by atoms with Crippen molar-refractivity contribution in [1.82, 2.24) is 10.6 Å². The molecule has 110 valence electrons. The number of hydrogen-bond acceptors (Lipinski definition) is 3. The van der Waals surface area contributed by atoms with Crippen molar-refractivity contribution >= 4 is 5.91 Å². The molecule has 20 heavy (non-hydrogen) atoms. The molecule has 0 bridgehead atoms. The van der Waals surface area contributed by atoms with E-state index in [0.717, 1.165) is 13.0 Å². The molecular formula is C15H21FN2O2. The summed E-state index contributed by atoms with van der Waals surface area (Å²) in [5.74, 6) is -0.163. The van der Waals surface area contributed by atoms with Crippen molar-refractivity contribution in [3.05, 3.63) is 35.6 Å². The van der Waals surface area contributed by atoms with Gasteiger partial charge in [-0.1, -0.05) is 18.2 Å². The van der Waals surface area contributed by atoms with Crippen LogP contribution in [0.4, 0.5) is 4.39 Å². The van der Waals surface area contributed by atoms with Crippen LogP contribution in [0.25, 0.3) is 0 Å². The zero-order valence-electron chi connectivity index (χ0n) is 11.5. The summed E-state index contributed by atoms with van der Waals surface area (Å²) in [4.78, 5) is 11.7. The van der Waals surface area contributed by atoms with E-state index < -0.39 is 0 Å². The average Bonchev–Trinajstić information content (AvgIpc) is 2.46. The first kappa shape index (κ1) is 14.9. The van der Waals surface area contributed by atoms with Gasteiger partial charge in [-0.3, -0.25) is 4.79 Å². The van der Waals surface area contributed by atoms with Crippen LogP contribution in [0.2, 0.25) is 0 Å². The maximum atomic E-state index is 13.4. The zero-order chi connectivity index (χ0) is 14.2. The maximum absolute atomic E-state index is 13.4. The second kappa shape index (κ2) is 7.97. The van der Waals surface area contributed by atoms with Crippen LogP contribution in [0.5, 0.6) is 0 Å². The van der Waals surface area contributed by atoms with Crippen LogP contribution in [-0.2, 0) is 16.0 Å². The number of amides is 1. The van der Waals surface area contributed by atoms with Crippen molar-refractivity contribution in [2.75, 3.05) is 26.3 Å². The Balaban J connectivity index is 1.60. The highest BCUT2D eigenvalue weighted by Gasteiger charge is 2.16. The number of benzene rings is 1. The Labute approximate surface area is 118 Å². The molecule has 1 aromatic rings. The molecule has 2 rings (SSSR count). The van der Waals surface area contributed by atoms with Gasteiger partial charge in [-0.2, -0.15) is 0 Å².